The number of carbonyl (C=O) groups excluding carboxylic acids is 2. The third-order valence-electron chi connectivity index (χ3n) is 6.99. The SMILES string of the molecule is Cc1ccc(-c2noc(C(C)N3CCN(C(=O)CNC(=O)Cc4cccc5ccccc45)CC3)n2)cc1. The second-order valence-corrected chi connectivity index (χ2v) is 9.51. The van der Waals surface area contributed by atoms with Crippen LogP contribution in [0.5, 0.6) is 0 Å². The lowest BCUT2D eigenvalue weighted by atomic mass is 10.0. The van der Waals surface area contributed by atoms with Crippen LogP contribution in [-0.4, -0.2) is 64.5 Å². The molecule has 1 saturated heterocycles. The van der Waals surface area contributed by atoms with E-state index >= 15 is 0 Å². The van der Waals surface area contributed by atoms with Gasteiger partial charge in [0.15, 0.2) is 0 Å². The third-order valence-corrected chi connectivity index (χ3v) is 6.99. The number of nitrogens with zero attached hydrogens (tertiary/aromatic N) is 4. The van der Waals surface area contributed by atoms with Gasteiger partial charge in [0.05, 0.1) is 19.0 Å². The predicted molar refractivity (Wildman–Crippen MR) is 142 cm³/mol. The average molecular weight is 498 g/mol. The highest BCUT2D eigenvalue weighted by atomic mass is 16.5. The number of benzene rings is 3. The van der Waals surface area contributed by atoms with E-state index < -0.39 is 0 Å². The van der Waals surface area contributed by atoms with Crippen LogP contribution in [0.2, 0.25) is 0 Å². The van der Waals surface area contributed by atoms with Crippen molar-refractivity contribution in [3.8, 4) is 11.4 Å². The van der Waals surface area contributed by atoms with E-state index in [-0.39, 0.29) is 30.8 Å². The van der Waals surface area contributed by atoms with Gasteiger partial charge >= 0.3 is 0 Å². The minimum Gasteiger partial charge on any atom is -0.347 e. The van der Waals surface area contributed by atoms with Gasteiger partial charge in [0.2, 0.25) is 23.5 Å². The van der Waals surface area contributed by atoms with E-state index in [1.54, 1.807) is 4.90 Å². The monoisotopic (exact) mass is 497 g/mol. The predicted octanol–water partition coefficient (Wildman–Crippen LogP) is 3.76. The summed E-state index contributed by atoms with van der Waals surface area (Å²) in [5.74, 6) is 0.918. The van der Waals surface area contributed by atoms with Crippen molar-refractivity contribution in [1.29, 1.82) is 0 Å². The fourth-order valence-corrected chi connectivity index (χ4v) is 4.71. The summed E-state index contributed by atoms with van der Waals surface area (Å²) in [6.45, 7) is 6.64. The van der Waals surface area contributed by atoms with E-state index in [0.717, 1.165) is 21.9 Å². The smallest absolute Gasteiger partial charge is 0.244 e. The van der Waals surface area contributed by atoms with Crippen molar-refractivity contribution in [2.24, 2.45) is 0 Å². The highest BCUT2D eigenvalue weighted by Crippen LogP contribution is 2.24. The van der Waals surface area contributed by atoms with E-state index in [1.807, 2.05) is 80.6 Å². The molecule has 2 amide bonds. The van der Waals surface area contributed by atoms with Gasteiger partial charge in [-0.3, -0.25) is 14.5 Å². The van der Waals surface area contributed by atoms with Crippen molar-refractivity contribution in [3.05, 3.63) is 83.7 Å². The second kappa shape index (κ2) is 10.9. The first-order valence-electron chi connectivity index (χ1n) is 12.6. The second-order valence-electron chi connectivity index (χ2n) is 9.51. The molecule has 8 heteroatoms. The van der Waals surface area contributed by atoms with Crippen LogP contribution in [0.1, 0.15) is 30.0 Å². The van der Waals surface area contributed by atoms with Crippen LogP contribution in [0.3, 0.4) is 0 Å². The Labute approximate surface area is 216 Å². The third kappa shape index (κ3) is 5.70. The molecule has 0 spiro atoms. The topological polar surface area (TPSA) is 91.6 Å². The van der Waals surface area contributed by atoms with E-state index in [1.165, 1.54) is 5.56 Å². The average Bonchev–Trinajstić information content (AvgIpc) is 3.42. The van der Waals surface area contributed by atoms with Gasteiger partial charge in [-0.25, -0.2) is 0 Å². The summed E-state index contributed by atoms with van der Waals surface area (Å²) in [7, 11) is 0. The Morgan fingerprint density at radius 2 is 1.70 bits per heavy atom. The Morgan fingerprint density at radius 1 is 0.973 bits per heavy atom. The highest BCUT2D eigenvalue weighted by molar-refractivity contribution is 5.91. The van der Waals surface area contributed by atoms with Crippen LogP contribution < -0.4 is 5.32 Å². The summed E-state index contributed by atoms with van der Waals surface area (Å²) in [5.41, 5.74) is 3.06. The molecule has 8 nitrogen and oxygen atoms in total. The lowest BCUT2D eigenvalue weighted by Gasteiger charge is -2.36. The van der Waals surface area contributed by atoms with Gasteiger partial charge in [-0.15, -0.1) is 0 Å². The molecule has 0 radical (unpaired) electrons. The van der Waals surface area contributed by atoms with Gasteiger partial charge in [0, 0.05) is 31.7 Å². The molecule has 2 heterocycles. The number of hydrogen-bond acceptors (Lipinski definition) is 6. The van der Waals surface area contributed by atoms with Gasteiger partial charge in [-0.1, -0.05) is 77.5 Å². The molecule has 1 aliphatic rings. The van der Waals surface area contributed by atoms with Gasteiger partial charge < -0.3 is 14.7 Å². The summed E-state index contributed by atoms with van der Waals surface area (Å²) in [5, 5.41) is 9.10. The Hall–Kier alpha value is -4.04. The number of aryl methyl sites for hydroxylation is 1. The number of amides is 2. The van der Waals surface area contributed by atoms with Crippen molar-refractivity contribution in [2.45, 2.75) is 26.3 Å². The molecule has 1 fully saturated rings. The molecule has 4 aromatic rings. The maximum absolute atomic E-state index is 12.7. The van der Waals surface area contributed by atoms with Gasteiger partial charge in [0.1, 0.15) is 0 Å². The van der Waals surface area contributed by atoms with Crippen LogP contribution in [0.25, 0.3) is 22.2 Å². The van der Waals surface area contributed by atoms with Crippen molar-refractivity contribution in [1.82, 2.24) is 25.3 Å². The zero-order valence-corrected chi connectivity index (χ0v) is 21.2. The first kappa shape index (κ1) is 24.6. The number of hydrogen-bond donors (Lipinski definition) is 1. The molecule has 1 unspecified atom stereocenters. The molecule has 37 heavy (non-hydrogen) atoms. The molecule has 1 N–H and O–H groups in total. The van der Waals surface area contributed by atoms with Gasteiger partial charge in [-0.2, -0.15) is 4.98 Å². The molecule has 0 bridgehead atoms. The zero-order valence-electron chi connectivity index (χ0n) is 21.2. The van der Waals surface area contributed by atoms with Crippen molar-refractivity contribution in [3.63, 3.8) is 0 Å². The van der Waals surface area contributed by atoms with E-state index in [9.17, 15) is 9.59 Å². The molecule has 0 aliphatic carbocycles. The number of piperazine rings is 1. The molecule has 190 valence electrons. The number of rotatable bonds is 7. The minimum atomic E-state index is -0.155. The molecule has 1 aromatic heterocycles. The molecular formula is C29H31N5O3. The van der Waals surface area contributed by atoms with Crippen molar-refractivity contribution in [2.75, 3.05) is 32.7 Å². The van der Waals surface area contributed by atoms with Crippen LogP contribution >= 0.6 is 0 Å². The van der Waals surface area contributed by atoms with Crippen LogP contribution in [0, 0.1) is 6.92 Å². The molecule has 5 rings (SSSR count). The lowest BCUT2D eigenvalue weighted by molar-refractivity contribution is -0.134. The Balaban J connectivity index is 1.10. The first-order valence-corrected chi connectivity index (χ1v) is 12.6. The van der Waals surface area contributed by atoms with Crippen LogP contribution in [0.4, 0.5) is 0 Å². The zero-order chi connectivity index (χ0) is 25.8. The molecule has 0 saturated carbocycles. The van der Waals surface area contributed by atoms with Gasteiger partial charge in [0.25, 0.3) is 0 Å². The fraction of sp³-hybridized carbons (Fsp3) is 0.310. The lowest BCUT2D eigenvalue weighted by Crippen LogP contribution is -2.51. The Morgan fingerprint density at radius 3 is 2.49 bits per heavy atom. The number of nitrogens with one attached hydrogen (secondary N) is 1. The quantitative estimate of drug-likeness (QED) is 0.418. The van der Waals surface area contributed by atoms with Gasteiger partial charge in [-0.05, 0) is 30.2 Å². The summed E-state index contributed by atoms with van der Waals surface area (Å²) in [6.07, 6.45) is 0.245. The Kier molecular flexibility index (Phi) is 7.28. The largest absolute Gasteiger partial charge is 0.347 e. The molecule has 1 atom stereocenters. The maximum Gasteiger partial charge on any atom is 0.244 e. The normalized spacial score (nSPS) is 15.0. The molecular weight excluding hydrogens is 466 g/mol. The summed E-state index contributed by atoms with van der Waals surface area (Å²) in [6, 6.07) is 21.9. The Bertz CT molecular complexity index is 1380. The number of carbonyl (C=O) groups is 2. The summed E-state index contributed by atoms with van der Waals surface area (Å²) < 4.78 is 5.55. The fourth-order valence-electron chi connectivity index (χ4n) is 4.71. The maximum atomic E-state index is 12.7. The highest BCUT2D eigenvalue weighted by Gasteiger charge is 2.28. The minimum absolute atomic E-state index is 0.00270. The van der Waals surface area contributed by atoms with E-state index in [2.05, 4.69) is 20.4 Å². The first-order chi connectivity index (χ1) is 18.0. The standard InChI is InChI=1S/C29H31N5O3/c1-20-10-12-23(13-11-20)28-31-29(37-32-28)21(2)33-14-16-34(17-15-33)27(36)19-30-26(35)18-24-8-5-7-22-6-3-4-9-25(22)24/h3-13,21H,14-19H2,1-2H3,(H,30,35). The van der Waals surface area contributed by atoms with Crippen molar-refractivity contribution >= 4 is 22.6 Å². The van der Waals surface area contributed by atoms with Crippen LogP contribution in [0.15, 0.2) is 71.3 Å². The summed E-state index contributed by atoms with van der Waals surface area (Å²) in [4.78, 5) is 33.9. The molecule has 1 aliphatic heterocycles. The van der Waals surface area contributed by atoms with Crippen molar-refractivity contribution < 1.29 is 14.1 Å². The molecule has 3 aromatic carbocycles. The van der Waals surface area contributed by atoms with E-state index in [0.29, 0.717) is 37.9 Å². The van der Waals surface area contributed by atoms with E-state index in [4.69, 9.17) is 4.52 Å². The summed E-state index contributed by atoms with van der Waals surface area (Å²) >= 11 is 0. The van der Waals surface area contributed by atoms with Crippen LogP contribution in [-0.2, 0) is 16.0 Å². The number of aromatic nitrogens is 2. The number of fused-ring (bicyclic) bond motifs is 1.